The van der Waals surface area contributed by atoms with Crippen molar-refractivity contribution < 1.29 is 13.2 Å². The second kappa shape index (κ2) is 5.20. The molecule has 1 atom stereocenters. The van der Waals surface area contributed by atoms with Crippen molar-refractivity contribution in [3.8, 4) is 0 Å². The molecule has 116 valence electrons. The molecule has 7 nitrogen and oxygen atoms in total. The van der Waals surface area contributed by atoms with Gasteiger partial charge in [0.15, 0.2) is 15.5 Å². The molecule has 1 saturated heterocycles. The molecule has 1 N–H and O–H groups in total. The normalized spacial score (nSPS) is 20.1. The summed E-state index contributed by atoms with van der Waals surface area (Å²) in [5, 5.41) is 7.02. The molecule has 0 spiro atoms. The highest BCUT2D eigenvalue weighted by Crippen LogP contribution is 2.12. The fourth-order valence-corrected chi connectivity index (χ4v) is 4.31. The molecule has 0 saturated carbocycles. The lowest BCUT2D eigenvalue weighted by molar-refractivity contribution is 0.0933. The molecule has 1 aromatic heterocycles. The molecule has 8 heteroatoms. The number of nitrogens with one attached hydrogen (secondary N) is 1. The van der Waals surface area contributed by atoms with Crippen LogP contribution in [0.1, 0.15) is 16.9 Å². The van der Waals surface area contributed by atoms with E-state index in [1.165, 1.54) is 4.68 Å². The zero-order chi connectivity index (χ0) is 15.9. The Bertz CT molecular complexity index is 917. The third-order valence-electron chi connectivity index (χ3n) is 3.75. The Kier molecular flexibility index (Phi) is 3.48. The Morgan fingerprint density at radius 3 is 2.77 bits per heavy atom. The molecule has 1 aliphatic heterocycles. The molecule has 2 aromatic rings. The first-order valence-corrected chi connectivity index (χ1v) is 8.67. The smallest absolute Gasteiger partial charge is 0.276 e. The minimum Gasteiger partial charge on any atom is -0.347 e. The van der Waals surface area contributed by atoms with Crippen LogP contribution in [-0.2, 0) is 16.9 Å². The van der Waals surface area contributed by atoms with Gasteiger partial charge in [-0.05, 0) is 18.6 Å². The number of aromatic nitrogens is 2. The molecule has 0 aliphatic carbocycles. The minimum absolute atomic E-state index is 0.0567. The Labute approximate surface area is 126 Å². The van der Waals surface area contributed by atoms with Gasteiger partial charge in [-0.15, -0.1) is 0 Å². The number of aryl methyl sites for hydroxylation is 1. The van der Waals surface area contributed by atoms with Crippen LogP contribution >= 0.6 is 0 Å². The summed E-state index contributed by atoms with van der Waals surface area (Å²) in [5.41, 5.74) is -0.0370. The summed E-state index contributed by atoms with van der Waals surface area (Å²) < 4.78 is 24.3. The van der Waals surface area contributed by atoms with Crippen molar-refractivity contribution >= 4 is 26.6 Å². The monoisotopic (exact) mass is 321 g/mol. The molecule has 0 radical (unpaired) electrons. The fourth-order valence-electron chi connectivity index (χ4n) is 2.64. The average molecular weight is 321 g/mol. The summed E-state index contributed by atoms with van der Waals surface area (Å²) in [6.07, 6.45) is 0.363. The van der Waals surface area contributed by atoms with E-state index in [9.17, 15) is 18.0 Å². The number of hydrogen-bond acceptors (Lipinski definition) is 5. The van der Waals surface area contributed by atoms with E-state index in [1.807, 2.05) is 0 Å². The summed E-state index contributed by atoms with van der Waals surface area (Å²) in [6.45, 7) is 0. The zero-order valence-electron chi connectivity index (χ0n) is 11.9. The van der Waals surface area contributed by atoms with E-state index in [2.05, 4.69) is 10.4 Å². The van der Waals surface area contributed by atoms with Crippen molar-refractivity contribution in [2.75, 3.05) is 11.5 Å². The lowest BCUT2D eigenvalue weighted by Gasteiger charge is -2.11. The van der Waals surface area contributed by atoms with Crippen LogP contribution in [0.4, 0.5) is 0 Å². The fraction of sp³-hybridized carbons (Fsp3) is 0.357. The number of benzene rings is 1. The molecule has 1 fully saturated rings. The van der Waals surface area contributed by atoms with Gasteiger partial charge in [-0.3, -0.25) is 14.3 Å². The van der Waals surface area contributed by atoms with Crippen LogP contribution in [0.5, 0.6) is 0 Å². The topological polar surface area (TPSA) is 98.1 Å². The average Bonchev–Trinajstić information content (AvgIpc) is 2.81. The van der Waals surface area contributed by atoms with Crippen LogP contribution in [-0.4, -0.2) is 41.7 Å². The van der Waals surface area contributed by atoms with Crippen LogP contribution in [0.3, 0.4) is 0 Å². The maximum absolute atomic E-state index is 12.4. The van der Waals surface area contributed by atoms with Gasteiger partial charge in [-0.2, -0.15) is 5.10 Å². The first-order chi connectivity index (χ1) is 10.4. The lowest BCUT2D eigenvalue weighted by atomic mass is 10.2. The van der Waals surface area contributed by atoms with Gasteiger partial charge in [0, 0.05) is 18.5 Å². The SMILES string of the molecule is Cn1nc(C(=O)NC2CCS(=O)(=O)C2)c(=O)c2ccccc21. The van der Waals surface area contributed by atoms with Crippen LogP contribution in [0.15, 0.2) is 29.1 Å². The lowest BCUT2D eigenvalue weighted by Crippen LogP contribution is -2.39. The number of nitrogens with zero attached hydrogens (tertiary/aromatic N) is 2. The number of amides is 1. The van der Waals surface area contributed by atoms with Crippen molar-refractivity contribution in [2.45, 2.75) is 12.5 Å². The maximum Gasteiger partial charge on any atom is 0.276 e. The quantitative estimate of drug-likeness (QED) is 0.829. The van der Waals surface area contributed by atoms with E-state index in [1.54, 1.807) is 31.3 Å². The third kappa shape index (κ3) is 2.61. The van der Waals surface area contributed by atoms with E-state index in [-0.39, 0.29) is 17.2 Å². The van der Waals surface area contributed by atoms with Crippen LogP contribution in [0.2, 0.25) is 0 Å². The first kappa shape index (κ1) is 14.7. The van der Waals surface area contributed by atoms with Gasteiger partial charge in [0.2, 0.25) is 5.43 Å². The third-order valence-corrected chi connectivity index (χ3v) is 5.51. The van der Waals surface area contributed by atoms with Crippen molar-refractivity contribution in [3.63, 3.8) is 0 Å². The van der Waals surface area contributed by atoms with E-state index in [4.69, 9.17) is 0 Å². The van der Waals surface area contributed by atoms with E-state index >= 15 is 0 Å². The number of sulfone groups is 1. The van der Waals surface area contributed by atoms with Gasteiger partial charge in [-0.1, -0.05) is 12.1 Å². The van der Waals surface area contributed by atoms with Crippen molar-refractivity contribution in [1.82, 2.24) is 15.1 Å². The van der Waals surface area contributed by atoms with Gasteiger partial charge in [0.1, 0.15) is 0 Å². The molecule has 1 aromatic carbocycles. The molecular weight excluding hydrogens is 306 g/mol. The summed E-state index contributed by atoms with van der Waals surface area (Å²) in [4.78, 5) is 24.6. The zero-order valence-corrected chi connectivity index (χ0v) is 12.8. The minimum atomic E-state index is -3.09. The summed E-state index contributed by atoms with van der Waals surface area (Å²) in [5.74, 6) is -0.665. The second-order valence-corrected chi connectivity index (χ2v) is 7.62. The highest BCUT2D eigenvalue weighted by atomic mass is 32.2. The Morgan fingerprint density at radius 1 is 1.36 bits per heavy atom. The Balaban J connectivity index is 1.95. The van der Waals surface area contributed by atoms with Crippen LogP contribution in [0, 0.1) is 0 Å². The first-order valence-electron chi connectivity index (χ1n) is 6.85. The summed E-state index contributed by atoms with van der Waals surface area (Å²) in [6, 6.07) is 6.42. The van der Waals surface area contributed by atoms with E-state index < -0.39 is 27.2 Å². The molecule has 0 bridgehead atoms. The number of fused-ring (bicyclic) bond motifs is 1. The molecule has 1 aliphatic rings. The largest absolute Gasteiger partial charge is 0.347 e. The Hall–Kier alpha value is -2.22. The highest BCUT2D eigenvalue weighted by molar-refractivity contribution is 7.91. The molecule has 2 heterocycles. The van der Waals surface area contributed by atoms with E-state index in [0.29, 0.717) is 17.3 Å². The van der Waals surface area contributed by atoms with Crippen molar-refractivity contribution in [1.29, 1.82) is 0 Å². The van der Waals surface area contributed by atoms with E-state index in [0.717, 1.165) is 0 Å². The van der Waals surface area contributed by atoms with Crippen LogP contribution in [0.25, 0.3) is 10.9 Å². The van der Waals surface area contributed by atoms with Gasteiger partial charge in [-0.25, -0.2) is 8.42 Å². The standard InChI is InChI=1S/C14H15N3O4S/c1-17-11-5-3-2-4-10(11)13(18)12(16-17)14(19)15-9-6-7-22(20,21)8-9/h2-5,9H,6-8H2,1H3,(H,15,19). The number of carbonyl (C=O) groups is 1. The maximum atomic E-state index is 12.4. The predicted molar refractivity (Wildman–Crippen MR) is 81.5 cm³/mol. The molecule has 3 rings (SSSR count). The van der Waals surface area contributed by atoms with Crippen molar-refractivity contribution in [2.24, 2.45) is 7.05 Å². The van der Waals surface area contributed by atoms with Gasteiger partial charge < -0.3 is 5.32 Å². The number of carbonyl (C=O) groups excluding carboxylic acids is 1. The highest BCUT2D eigenvalue weighted by Gasteiger charge is 2.30. The molecule has 1 amide bonds. The molecular formula is C14H15N3O4S. The number of rotatable bonds is 2. The Morgan fingerprint density at radius 2 is 2.09 bits per heavy atom. The second-order valence-electron chi connectivity index (χ2n) is 5.39. The summed E-state index contributed by atoms with van der Waals surface area (Å²) >= 11 is 0. The van der Waals surface area contributed by atoms with Crippen LogP contribution < -0.4 is 10.7 Å². The molecule has 22 heavy (non-hydrogen) atoms. The van der Waals surface area contributed by atoms with Gasteiger partial charge >= 0.3 is 0 Å². The van der Waals surface area contributed by atoms with Gasteiger partial charge in [0.25, 0.3) is 5.91 Å². The summed E-state index contributed by atoms with van der Waals surface area (Å²) in [7, 11) is -1.44. The molecule has 1 unspecified atom stereocenters. The number of para-hydroxylation sites is 1. The van der Waals surface area contributed by atoms with Crippen molar-refractivity contribution in [3.05, 3.63) is 40.2 Å². The predicted octanol–water partition coefficient (Wildman–Crippen LogP) is -0.150. The number of hydrogen-bond donors (Lipinski definition) is 1. The van der Waals surface area contributed by atoms with Gasteiger partial charge in [0.05, 0.1) is 17.0 Å².